The van der Waals surface area contributed by atoms with Crippen LogP contribution < -0.4 is 5.73 Å². The van der Waals surface area contributed by atoms with E-state index in [1.165, 1.54) is 6.07 Å². The second-order valence-electron chi connectivity index (χ2n) is 4.31. The van der Waals surface area contributed by atoms with Crippen LogP contribution in [0.15, 0.2) is 42.5 Å². The average molecular weight is 241 g/mol. The van der Waals surface area contributed by atoms with Gasteiger partial charge in [0.25, 0.3) is 0 Å². The molecule has 0 aliphatic rings. The standard InChI is InChI=1S/C15H15NO2/c1-10-5-7-11(8-6-10)15(18)9-12-13(16)3-2-4-14(12)17/h2-8,17H,9,16H2,1H3. The molecule has 18 heavy (non-hydrogen) atoms. The van der Waals surface area contributed by atoms with Crippen LogP contribution in [0, 0.1) is 6.92 Å². The first-order valence-electron chi connectivity index (χ1n) is 5.74. The zero-order chi connectivity index (χ0) is 13.1. The second-order valence-corrected chi connectivity index (χ2v) is 4.31. The van der Waals surface area contributed by atoms with Gasteiger partial charge in [-0.25, -0.2) is 0 Å². The maximum absolute atomic E-state index is 12.1. The van der Waals surface area contributed by atoms with Crippen molar-refractivity contribution < 1.29 is 9.90 Å². The van der Waals surface area contributed by atoms with Gasteiger partial charge in [-0.05, 0) is 19.1 Å². The number of ketones is 1. The molecule has 0 bridgehead atoms. The number of hydrogen-bond donors (Lipinski definition) is 2. The van der Waals surface area contributed by atoms with Crippen molar-refractivity contribution in [1.82, 2.24) is 0 Å². The molecule has 0 aromatic heterocycles. The van der Waals surface area contributed by atoms with Crippen LogP contribution in [0.5, 0.6) is 5.75 Å². The van der Waals surface area contributed by atoms with E-state index in [2.05, 4.69) is 0 Å². The molecule has 2 aromatic rings. The molecule has 0 amide bonds. The van der Waals surface area contributed by atoms with E-state index < -0.39 is 0 Å². The van der Waals surface area contributed by atoms with Crippen LogP contribution in [0.2, 0.25) is 0 Å². The maximum atomic E-state index is 12.1. The van der Waals surface area contributed by atoms with E-state index in [4.69, 9.17) is 5.73 Å². The summed E-state index contributed by atoms with van der Waals surface area (Å²) in [4.78, 5) is 12.1. The van der Waals surface area contributed by atoms with Crippen molar-refractivity contribution in [3.05, 3.63) is 59.2 Å². The highest BCUT2D eigenvalue weighted by Gasteiger charge is 2.12. The number of phenolic OH excluding ortho intramolecular Hbond substituents is 1. The lowest BCUT2D eigenvalue weighted by atomic mass is 10.0. The fourth-order valence-electron chi connectivity index (χ4n) is 1.79. The Hall–Kier alpha value is -2.29. The Morgan fingerprint density at radius 3 is 2.44 bits per heavy atom. The van der Waals surface area contributed by atoms with Crippen LogP contribution in [-0.2, 0) is 6.42 Å². The number of carbonyl (C=O) groups is 1. The van der Waals surface area contributed by atoms with Crippen molar-refractivity contribution in [2.75, 3.05) is 5.73 Å². The number of benzene rings is 2. The molecule has 92 valence electrons. The number of nitrogens with two attached hydrogens (primary N) is 1. The number of aromatic hydroxyl groups is 1. The van der Waals surface area contributed by atoms with Crippen molar-refractivity contribution in [2.24, 2.45) is 0 Å². The average Bonchev–Trinajstić information content (AvgIpc) is 2.34. The van der Waals surface area contributed by atoms with Gasteiger partial charge in [0.1, 0.15) is 5.75 Å². The lowest BCUT2D eigenvalue weighted by Gasteiger charge is -2.07. The summed E-state index contributed by atoms with van der Waals surface area (Å²) < 4.78 is 0. The topological polar surface area (TPSA) is 63.3 Å². The fourth-order valence-corrected chi connectivity index (χ4v) is 1.79. The van der Waals surface area contributed by atoms with Gasteiger partial charge in [-0.2, -0.15) is 0 Å². The Bertz CT molecular complexity index is 553. The highest BCUT2D eigenvalue weighted by Crippen LogP contribution is 2.24. The molecule has 0 aliphatic heterocycles. The second kappa shape index (κ2) is 4.92. The predicted octanol–water partition coefficient (Wildman–Crippen LogP) is 2.71. The minimum Gasteiger partial charge on any atom is -0.508 e. The number of hydrogen-bond acceptors (Lipinski definition) is 3. The molecule has 2 rings (SSSR count). The predicted molar refractivity (Wildman–Crippen MR) is 71.7 cm³/mol. The molecule has 3 N–H and O–H groups in total. The van der Waals surface area contributed by atoms with E-state index >= 15 is 0 Å². The van der Waals surface area contributed by atoms with Gasteiger partial charge in [0.2, 0.25) is 0 Å². The van der Waals surface area contributed by atoms with Crippen LogP contribution >= 0.6 is 0 Å². The number of phenols is 1. The first-order valence-corrected chi connectivity index (χ1v) is 5.74. The van der Waals surface area contributed by atoms with Gasteiger partial charge in [0.05, 0.1) is 0 Å². The van der Waals surface area contributed by atoms with E-state index in [0.29, 0.717) is 16.8 Å². The summed E-state index contributed by atoms with van der Waals surface area (Å²) in [5.41, 5.74) is 8.42. The lowest BCUT2D eigenvalue weighted by Crippen LogP contribution is -2.06. The molecule has 0 saturated heterocycles. The molecule has 3 nitrogen and oxygen atoms in total. The van der Waals surface area contributed by atoms with Gasteiger partial charge in [0.15, 0.2) is 5.78 Å². The summed E-state index contributed by atoms with van der Waals surface area (Å²) in [6, 6.07) is 12.2. The Morgan fingerprint density at radius 1 is 1.17 bits per heavy atom. The molecule has 0 spiro atoms. The molecule has 0 radical (unpaired) electrons. The Morgan fingerprint density at radius 2 is 1.83 bits per heavy atom. The summed E-state index contributed by atoms with van der Waals surface area (Å²) in [5, 5.41) is 9.70. The molecule has 0 heterocycles. The van der Waals surface area contributed by atoms with E-state index in [1.54, 1.807) is 24.3 Å². The van der Waals surface area contributed by atoms with Crippen LogP contribution in [0.1, 0.15) is 21.5 Å². The van der Waals surface area contributed by atoms with Crippen LogP contribution in [0.25, 0.3) is 0 Å². The van der Waals surface area contributed by atoms with Crippen molar-refractivity contribution in [2.45, 2.75) is 13.3 Å². The summed E-state index contributed by atoms with van der Waals surface area (Å²) >= 11 is 0. The van der Waals surface area contributed by atoms with Crippen LogP contribution in [0.4, 0.5) is 5.69 Å². The molecule has 0 saturated carbocycles. The zero-order valence-electron chi connectivity index (χ0n) is 10.2. The van der Waals surface area contributed by atoms with E-state index in [-0.39, 0.29) is 18.0 Å². The number of carbonyl (C=O) groups excluding carboxylic acids is 1. The third kappa shape index (κ3) is 2.51. The van der Waals surface area contributed by atoms with E-state index in [9.17, 15) is 9.90 Å². The molecule has 0 aliphatic carbocycles. The SMILES string of the molecule is Cc1ccc(C(=O)Cc2c(N)cccc2O)cc1. The normalized spacial score (nSPS) is 10.3. The molecule has 3 heteroatoms. The number of anilines is 1. The summed E-state index contributed by atoms with van der Waals surface area (Å²) in [6.07, 6.45) is 0.113. The number of nitrogen functional groups attached to an aromatic ring is 1. The largest absolute Gasteiger partial charge is 0.508 e. The third-order valence-corrected chi connectivity index (χ3v) is 2.90. The summed E-state index contributed by atoms with van der Waals surface area (Å²) in [7, 11) is 0. The Balaban J connectivity index is 2.24. The third-order valence-electron chi connectivity index (χ3n) is 2.90. The molecule has 0 fully saturated rings. The van der Waals surface area contributed by atoms with Gasteiger partial charge in [0, 0.05) is 23.2 Å². The van der Waals surface area contributed by atoms with Crippen LogP contribution in [-0.4, -0.2) is 10.9 Å². The summed E-state index contributed by atoms with van der Waals surface area (Å²) in [6.45, 7) is 1.97. The molecular formula is C15H15NO2. The molecule has 0 unspecified atom stereocenters. The Kier molecular flexibility index (Phi) is 3.33. The number of aryl methyl sites for hydroxylation is 1. The first-order chi connectivity index (χ1) is 8.58. The highest BCUT2D eigenvalue weighted by atomic mass is 16.3. The Labute approximate surface area is 106 Å². The van der Waals surface area contributed by atoms with E-state index in [1.807, 2.05) is 19.1 Å². The lowest BCUT2D eigenvalue weighted by molar-refractivity contribution is 0.0992. The van der Waals surface area contributed by atoms with Crippen LogP contribution in [0.3, 0.4) is 0 Å². The fraction of sp³-hybridized carbons (Fsp3) is 0.133. The minimum absolute atomic E-state index is 0.0526. The van der Waals surface area contributed by atoms with Gasteiger partial charge in [-0.15, -0.1) is 0 Å². The van der Waals surface area contributed by atoms with Crippen molar-refractivity contribution >= 4 is 11.5 Å². The monoisotopic (exact) mass is 241 g/mol. The number of rotatable bonds is 3. The van der Waals surface area contributed by atoms with Crippen molar-refractivity contribution in [3.63, 3.8) is 0 Å². The summed E-state index contributed by atoms with van der Waals surface area (Å²) in [5.74, 6) is 0.0126. The number of Topliss-reactive ketones (excluding diaryl/α,β-unsaturated/α-hetero) is 1. The van der Waals surface area contributed by atoms with Gasteiger partial charge in [-0.1, -0.05) is 35.9 Å². The quantitative estimate of drug-likeness (QED) is 0.641. The highest BCUT2D eigenvalue weighted by molar-refractivity contribution is 5.98. The maximum Gasteiger partial charge on any atom is 0.167 e. The molecule has 0 atom stereocenters. The molecule has 2 aromatic carbocycles. The van der Waals surface area contributed by atoms with Crippen molar-refractivity contribution in [3.8, 4) is 5.75 Å². The smallest absolute Gasteiger partial charge is 0.167 e. The molecular weight excluding hydrogens is 226 g/mol. The van der Waals surface area contributed by atoms with Gasteiger partial charge >= 0.3 is 0 Å². The van der Waals surface area contributed by atoms with E-state index in [0.717, 1.165) is 5.56 Å². The first kappa shape index (κ1) is 12.2. The minimum atomic E-state index is -0.0526. The van der Waals surface area contributed by atoms with Crippen molar-refractivity contribution in [1.29, 1.82) is 0 Å². The zero-order valence-corrected chi connectivity index (χ0v) is 10.2. The van der Waals surface area contributed by atoms with Gasteiger partial charge < -0.3 is 10.8 Å². The van der Waals surface area contributed by atoms with Gasteiger partial charge in [-0.3, -0.25) is 4.79 Å².